The molecule has 2 N–H and O–H groups in total. The minimum absolute atomic E-state index is 0.0370. The highest BCUT2D eigenvalue weighted by atomic mass is 16.5. The number of rotatable bonds is 2. The molecule has 3 amide bonds. The van der Waals surface area contributed by atoms with Crippen LogP contribution < -0.4 is 10.7 Å². The molecule has 3 aliphatic rings. The number of amides is 3. The fourth-order valence-corrected chi connectivity index (χ4v) is 3.32. The van der Waals surface area contributed by atoms with Crippen LogP contribution in [-0.2, 0) is 9.53 Å². The summed E-state index contributed by atoms with van der Waals surface area (Å²) in [6.45, 7) is 3.76. The maximum absolute atomic E-state index is 12.5. The molecule has 8 nitrogen and oxygen atoms in total. The van der Waals surface area contributed by atoms with E-state index in [1.807, 2.05) is 4.90 Å². The summed E-state index contributed by atoms with van der Waals surface area (Å²) in [6.07, 6.45) is 1.05. The average Bonchev–Trinajstić information content (AvgIpc) is 2.97. The Hall–Kier alpha value is -2.61. The third-order valence-electron chi connectivity index (χ3n) is 4.61. The van der Waals surface area contributed by atoms with E-state index in [-0.39, 0.29) is 18.5 Å². The molecule has 4 rings (SSSR count). The Kier molecular flexibility index (Phi) is 3.81. The van der Waals surface area contributed by atoms with Crippen molar-refractivity contribution in [1.82, 2.24) is 15.2 Å². The summed E-state index contributed by atoms with van der Waals surface area (Å²) in [7, 11) is 0. The van der Waals surface area contributed by atoms with Gasteiger partial charge in [0.1, 0.15) is 0 Å². The Balaban J connectivity index is 1.40. The number of fused-ring (bicyclic) bond motifs is 2. The standard InChI is InChI=1S/C16H19N5O3/c22-14-10-24-15(19-18-14)11-1-3-12(4-2-11)17-16(23)21-8-7-20-6-5-13(21)9-20/h1-4,13H,5-10H2,(H,17,23)(H,18,22). The van der Waals surface area contributed by atoms with Gasteiger partial charge in [0.2, 0.25) is 5.90 Å². The lowest BCUT2D eigenvalue weighted by Gasteiger charge is -2.34. The summed E-state index contributed by atoms with van der Waals surface area (Å²) in [6, 6.07) is 7.50. The second kappa shape index (κ2) is 6.12. The summed E-state index contributed by atoms with van der Waals surface area (Å²) in [4.78, 5) is 27.8. The van der Waals surface area contributed by atoms with Crippen LogP contribution in [0.1, 0.15) is 12.0 Å². The van der Waals surface area contributed by atoms with Gasteiger partial charge in [-0.1, -0.05) is 0 Å². The molecule has 3 heterocycles. The molecule has 0 radical (unpaired) electrons. The first-order valence-electron chi connectivity index (χ1n) is 8.09. The van der Waals surface area contributed by atoms with Gasteiger partial charge >= 0.3 is 6.03 Å². The maximum Gasteiger partial charge on any atom is 0.322 e. The van der Waals surface area contributed by atoms with Gasteiger partial charge in [-0.15, -0.1) is 5.10 Å². The van der Waals surface area contributed by atoms with Crippen LogP contribution in [0.2, 0.25) is 0 Å². The van der Waals surface area contributed by atoms with Gasteiger partial charge in [-0.25, -0.2) is 10.2 Å². The van der Waals surface area contributed by atoms with Crippen molar-refractivity contribution in [2.24, 2.45) is 5.10 Å². The maximum atomic E-state index is 12.5. The van der Waals surface area contributed by atoms with Crippen LogP contribution in [0.25, 0.3) is 0 Å². The van der Waals surface area contributed by atoms with E-state index in [2.05, 4.69) is 20.7 Å². The zero-order chi connectivity index (χ0) is 16.5. The van der Waals surface area contributed by atoms with E-state index in [1.54, 1.807) is 24.3 Å². The van der Waals surface area contributed by atoms with Crippen molar-refractivity contribution >= 4 is 23.5 Å². The highest BCUT2D eigenvalue weighted by Gasteiger charge is 2.35. The lowest BCUT2D eigenvalue weighted by molar-refractivity contribution is -0.124. The van der Waals surface area contributed by atoms with Gasteiger partial charge in [-0.3, -0.25) is 9.69 Å². The van der Waals surface area contributed by atoms with Crippen LogP contribution in [0.3, 0.4) is 0 Å². The Labute approximate surface area is 139 Å². The molecule has 126 valence electrons. The van der Waals surface area contributed by atoms with E-state index < -0.39 is 0 Å². The van der Waals surface area contributed by atoms with Gasteiger partial charge in [-0.2, -0.15) is 0 Å². The first-order valence-corrected chi connectivity index (χ1v) is 8.09. The highest BCUT2D eigenvalue weighted by molar-refractivity contribution is 5.98. The van der Waals surface area contributed by atoms with E-state index in [1.165, 1.54) is 0 Å². The van der Waals surface area contributed by atoms with Gasteiger partial charge in [-0.05, 0) is 30.7 Å². The molecule has 3 aliphatic heterocycles. The van der Waals surface area contributed by atoms with E-state index >= 15 is 0 Å². The van der Waals surface area contributed by atoms with Gasteiger partial charge in [0, 0.05) is 43.5 Å². The van der Waals surface area contributed by atoms with Crippen LogP contribution in [0.15, 0.2) is 29.4 Å². The number of ether oxygens (including phenoxy) is 1. The lowest BCUT2D eigenvalue weighted by atomic mass is 10.2. The van der Waals surface area contributed by atoms with Crippen molar-refractivity contribution in [3.63, 3.8) is 0 Å². The molecule has 2 unspecified atom stereocenters. The number of hydrazone groups is 1. The number of hydrogen-bond donors (Lipinski definition) is 2. The molecule has 24 heavy (non-hydrogen) atoms. The SMILES string of the molecule is O=C1COC(c2ccc(NC(=O)N3CCN4CCC3C4)cc2)=NN1. The molecule has 0 aliphatic carbocycles. The zero-order valence-corrected chi connectivity index (χ0v) is 13.2. The molecule has 1 aromatic carbocycles. The van der Waals surface area contributed by atoms with Crippen LogP contribution in [0, 0.1) is 0 Å². The number of urea groups is 1. The fourth-order valence-electron chi connectivity index (χ4n) is 3.32. The van der Waals surface area contributed by atoms with Crippen molar-refractivity contribution < 1.29 is 14.3 Å². The van der Waals surface area contributed by atoms with E-state index in [9.17, 15) is 9.59 Å². The minimum atomic E-state index is -0.269. The molecule has 0 spiro atoms. The van der Waals surface area contributed by atoms with Crippen molar-refractivity contribution in [3.05, 3.63) is 29.8 Å². The Morgan fingerprint density at radius 3 is 2.83 bits per heavy atom. The lowest BCUT2D eigenvalue weighted by Crippen LogP contribution is -2.51. The molecule has 0 aromatic heterocycles. The van der Waals surface area contributed by atoms with Gasteiger partial charge < -0.3 is 15.0 Å². The first kappa shape index (κ1) is 14.9. The molecule has 8 heteroatoms. The van der Waals surface area contributed by atoms with Gasteiger partial charge in [0.15, 0.2) is 6.61 Å². The third kappa shape index (κ3) is 2.92. The number of anilines is 1. The number of piperazine rings is 1. The first-order chi connectivity index (χ1) is 11.7. The predicted octanol–water partition coefficient (Wildman–Crippen LogP) is 0.416. The zero-order valence-electron chi connectivity index (χ0n) is 13.2. The van der Waals surface area contributed by atoms with Crippen molar-refractivity contribution in [3.8, 4) is 0 Å². The fraction of sp³-hybridized carbons (Fsp3) is 0.438. The number of nitrogens with one attached hydrogen (secondary N) is 2. The van der Waals surface area contributed by atoms with Crippen molar-refractivity contribution in [2.75, 3.05) is 38.1 Å². The van der Waals surface area contributed by atoms with Crippen LogP contribution in [0.4, 0.5) is 10.5 Å². The molecule has 2 atom stereocenters. The van der Waals surface area contributed by atoms with Crippen LogP contribution in [0.5, 0.6) is 0 Å². The molecule has 1 aromatic rings. The minimum Gasteiger partial charge on any atom is -0.466 e. The smallest absolute Gasteiger partial charge is 0.322 e. The summed E-state index contributed by atoms with van der Waals surface area (Å²) < 4.78 is 5.26. The number of nitrogens with zero attached hydrogens (tertiary/aromatic N) is 3. The number of carbonyl (C=O) groups excluding carboxylic acids is 2. The number of benzene rings is 1. The highest BCUT2D eigenvalue weighted by Crippen LogP contribution is 2.21. The largest absolute Gasteiger partial charge is 0.466 e. The van der Waals surface area contributed by atoms with Crippen molar-refractivity contribution in [1.29, 1.82) is 0 Å². The van der Waals surface area contributed by atoms with Gasteiger partial charge in [0.05, 0.1) is 0 Å². The Morgan fingerprint density at radius 1 is 1.25 bits per heavy atom. The summed E-state index contributed by atoms with van der Waals surface area (Å²) in [5.74, 6) is 0.101. The summed E-state index contributed by atoms with van der Waals surface area (Å²) in [5.41, 5.74) is 3.85. The number of carbonyl (C=O) groups is 2. The van der Waals surface area contributed by atoms with Crippen LogP contribution in [-0.4, -0.2) is 66.5 Å². The summed E-state index contributed by atoms with van der Waals surface area (Å²) in [5, 5.41) is 6.81. The topological polar surface area (TPSA) is 86.3 Å². The predicted molar refractivity (Wildman–Crippen MR) is 87.6 cm³/mol. The average molecular weight is 329 g/mol. The molecular weight excluding hydrogens is 310 g/mol. The van der Waals surface area contributed by atoms with Crippen LogP contribution >= 0.6 is 0 Å². The number of hydrogen-bond acceptors (Lipinski definition) is 5. The van der Waals surface area contributed by atoms with E-state index in [4.69, 9.17) is 4.74 Å². The van der Waals surface area contributed by atoms with E-state index in [0.29, 0.717) is 11.9 Å². The Morgan fingerprint density at radius 2 is 2.08 bits per heavy atom. The second-order valence-electron chi connectivity index (χ2n) is 6.18. The molecule has 0 saturated carbocycles. The molecular formula is C16H19N5O3. The normalized spacial score (nSPS) is 25.6. The third-order valence-corrected chi connectivity index (χ3v) is 4.61. The molecule has 2 saturated heterocycles. The van der Waals surface area contributed by atoms with Gasteiger partial charge in [0.25, 0.3) is 5.91 Å². The second-order valence-corrected chi connectivity index (χ2v) is 6.18. The molecule has 2 bridgehead atoms. The molecule has 2 fully saturated rings. The monoisotopic (exact) mass is 329 g/mol. The Bertz CT molecular complexity index is 687. The van der Waals surface area contributed by atoms with Crippen molar-refractivity contribution in [2.45, 2.75) is 12.5 Å². The summed E-state index contributed by atoms with van der Waals surface area (Å²) >= 11 is 0. The van der Waals surface area contributed by atoms with E-state index in [0.717, 1.165) is 43.9 Å². The quantitative estimate of drug-likeness (QED) is 0.823.